The van der Waals surface area contributed by atoms with E-state index in [4.69, 9.17) is 10.8 Å². The molecule has 1 unspecified atom stereocenters. The van der Waals surface area contributed by atoms with E-state index in [1.54, 1.807) is 24.0 Å². The fourth-order valence-electron chi connectivity index (χ4n) is 2.24. The highest BCUT2D eigenvalue weighted by Crippen LogP contribution is 2.26. The summed E-state index contributed by atoms with van der Waals surface area (Å²) in [6.07, 6.45) is 0.468. The molecule has 3 N–H and O–H groups in total. The van der Waals surface area contributed by atoms with E-state index in [0.717, 1.165) is 5.69 Å². The topological polar surface area (TPSA) is 83.6 Å². The molecule has 1 aliphatic heterocycles. The van der Waals surface area contributed by atoms with Gasteiger partial charge in [-0.3, -0.25) is 4.79 Å². The van der Waals surface area contributed by atoms with E-state index in [1.807, 2.05) is 0 Å². The number of benzene rings is 1. The molecule has 1 saturated heterocycles. The Balaban J connectivity index is 2.27. The maximum Gasteiger partial charge on any atom is 0.335 e. The average molecular weight is 248 g/mol. The molecule has 0 aliphatic carbocycles. The molecule has 1 fully saturated rings. The molecule has 0 bridgehead atoms. The average Bonchev–Trinajstić information content (AvgIpc) is 2.70. The largest absolute Gasteiger partial charge is 0.478 e. The molecule has 0 aromatic heterocycles. The lowest BCUT2D eigenvalue weighted by atomic mass is 10.1. The smallest absolute Gasteiger partial charge is 0.335 e. The van der Waals surface area contributed by atoms with Crippen molar-refractivity contribution in [1.82, 2.24) is 0 Å². The van der Waals surface area contributed by atoms with Crippen LogP contribution in [0.1, 0.15) is 22.3 Å². The Labute approximate surface area is 105 Å². The van der Waals surface area contributed by atoms with E-state index in [0.29, 0.717) is 25.1 Å². The lowest BCUT2D eigenvalue weighted by Gasteiger charge is -2.17. The van der Waals surface area contributed by atoms with Crippen molar-refractivity contribution in [3.8, 4) is 0 Å². The van der Waals surface area contributed by atoms with Crippen molar-refractivity contribution in [2.45, 2.75) is 13.3 Å². The highest BCUT2D eigenvalue weighted by molar-refractivity contribution is 5.97. The second-order valence-electron chi connectivity index (χ2n) is 4.61. The molecule has 1 aromatic carbocycles. The van der Waals surface area contributed by atoms with Gasteiger partial charge in [-0.05, 0) is 43.1 Å². The number of aryl methyl sites for hydroxylation is 1. The molecule has 1 atom stereocenters. The number of hydrogen-bond acceptors (Lipinski definition) is 3. The molecule has 0 saturated carbocycles. The molecule has 96 valence electrons. The van der Waals surface area contributed by atoms with Crippen molar-refractivity contribution in [3.63, 3.8) is 0 Å². The first kappa shape index (κ1) is 12.6. The minimum absolute atomic E-state index is 0.0490. The zero-order chi connectivity index (χ0) is 13.3. The van der Waals surface area contributed by atoms with Crippen LogP contribution >= 0.6 is 0 Å². The molecular weight excluding hydrogens is 232 g/mol. The Morgan fingerprint density at radius 2 is 2.28 bits per heavy atom. The van der Waals surface area contributed by atoms with Crippen LogP contribution in [0.3, 0.4) is 0 Å². The molecule has 1 heterocycles. The summed E-state index contributed by atoms with van der Waals surface area (Å²) >= 11 is 0. The van der Waals surface area contributed by atoms with Crippen LogP contribution in [-0.2, 0) is 4.79 Å². The van der Waals surface area contributed by atoms with E-state index in [-0.39, 0.29) is 17.4 Å². The van der Waals surface area contributed by atoms with Crippen LogP contribution in [0.4, 0.5) is 5.69 Å². The van der Waals surface area contributed by atoms with E-state index in [9.17, 15) is 9.59 Å². The predicted octanol–water partition coefficient (Wildman–Crippen LogP) is 1.00. The number of aromatic carboxylic acids is 1. The van der Waals surface area contributed by atoms with Crippen molar-refractivity contribution in [1.29, 1.82) is 0 Å². The maximum atomic E-state index is 11.8. The molecule has 5 heteroatoms. The minimum Gasteiger partial charge on any atom is -0.478 e. The number of carboxylic acids is 1. The Bertz CT molecular complexity index is 499. The second-order valence-corrected chi connectivity index (χ2v) is 4.61. The number of hydrogen-bond donors (Lipinski definition) is 2. The first-order valence-corrected chi connectivity index (χ1v) is 5.87. The number of rotatable bonds is 3. The second kappa shape index (κ2) is 4.78. The van der Waals surface area contributed by atoms with Crippen molar-refractivity contribution >= 4 is 17.6 Å². The lowest BCUT2D eigenvalue weighted by molar-refractivity contribution is -0.117. The summed E-state index contributed by atoms with van der Waals surface area (Å²) in [5.41, 5.74) is 7.24. The zero-order valence-electron chi connectivity index (χ0n) is 10.2. The third-order valence-electron chi connectivity index (χ3n) is 3.29. The summed E-state index contributed by atoms with van der Waals surface area (Å²) in [4.78, 5) is 24.4. The van der Waals surface area contributed by atoms with Crippen LogP contribution in [0, 0.1) is 12.8 Å². The number of carbonyl (C=O) groups excluding carboxylic acids is 1. The molecule has 1 aromatic rings. The Morgan fingerprint density at radius 1 is 1.56 bits per heavy atom. The van der Waals surface area contributed by atoms with Crippen molar-refractivity contribution < 1.29 is 14.7 Å². The minimum atomic E-state index is -0.952. The van der Waals surface area contributed by atoms with Crippen LogP contribution in [0.15, 0.2) is 18.2 Å². The van der Waals surface area contributed by atoms with Gasteiger partial charge < -0.3 is 15.7 Å². The van der Waals surface area contributed by atoms with Gasteiger partial charge in [-0.2, -0.15) is 0 Å². The van der Waals surface area contributed by atoms with Crippen LogP contribution in [0.2, 0.25) is 0 Å². The molecular formula is C13H16N2O3. The molecule has 1 aliphatic rings. The number of nitrogens with two attached hydrogens (primary N) is 1. The molecule has 2 rings (SSSR count). The number of carboxylic acid groups (broad SMARTS) is 1. The van der Waals surface area contributed by atoms with Crippen LogP contribution < -0.4 is 10.6 Å². The fourth-order valence-corrected chi connectivity index (χ4v) is 2.24. The van der Waals surface area contributed by atoms with Crippen molar-refractivity contribution in [2.75, 3.05) is 18.0 Å². The Morgan fingerprint density at radius 3 is 2.78 bits per heavy atom. The molecule has 5 nitrogen and oxygen atoms in total. The van der Waals surface area contributed by atoms with E-state index in [1.165, 1.54) is 6.07 Å². The zero-order valence-corrected chi connectivity index (χ0v) is 10.2. The van der Waals surface area contributed by atoms with Crippen LogP contribution in [-0.4, -0.2) is 30.1 Å². The number of nitrogens with zero attached hydrogens (tertiary/aromatic N) is 1. The Kier molecular flexibility index (Phi) is 3.34. The van der Waals surface area contributed by atoms with Gasteiger partial charge in [0.05, 0.1) is 5.56 Å². The normalized spacial score (nSPS) is 19.3. The SMILES string of the molecule is Cc1cc(N2CC(CN)CC2=O)ccc1C(=O)O. The summed E-state index contributed by atoms with van der Waals surface area (Å²) in [7, 11) is 0. The Hall–Kier alpha value is -1.88. The summed E-state index contributed by atoms with van der Waals surface area (Å²) < 4.78 is 0. The highest BCUT2D eigenvalue weighted by atomic mass is 16.4. The van der Waals surface area contributed by atoms with Gasteiger partial charge in [0.25, 0.3) is 0 Å². The predicted molar refractivity (Wildman–Crippen MR) is 67.7 cm³/mol. The van der Waals surface area contributed by atoms with Gasteiger partial charge in [0.1, 0.15) is 0 Å². The summed E-state index contributed by atoms with van der Waals surface area (Å²) in [6, 6.07) is 4.95. The molecule has 0 spiro atoms. The van der Waals surface area contributed by atoms with Gasteiger partial charge in [-0.1, -0.05) is 0 Å². The first-order valence-electron chi connectivity index (χ1n) is 5.87. The maximum absolute atomic E-state index is 11.8. The van der Waals surface area contributed by atoms with Gasteiger partial charge in [0.2, 0.25) is 5.91 Å². The summed E-state index contributed by atoms with van der Waals surface area (Å²) in [6.45, 7) is 2.84. The van der Waals surface area contributed by atoms with E-state index < -0.39 is 5.97 Å². The van der Waals surface area contributed by atoms with E-state index in [2.05, 4.69) is 0 Å². The van der Waals surface area contributed by atoms with Crippen LogP contribution in [0.5, 0.6) is 0 Å². The van der Waals surface area contributed by atoms with Crippen molar-refractivity contribution in [3.05, 3.63) is 29.3 Å². The lowest BCUT2D eigenvalue weighted by Crippen LogP contribution is -2.25. The van der Waals surface area contributed by atoms with Gasteiger partial charge in [0, 0.05) is 18.7 Å². The summed E-state index contributed by atoms with van der Waals surface area (Å²) in [5.74, 6) is -0.712. The monoisotopic (exact) mass is 248 g/mol. The van der Waals surface area contributed by atoms with Gasteiger partial charge >= 0.3 is 5.97 Å². The van der Waals surface area contributed by atoms with Crippen LogP contribution in [0.25, 0.3) is 0 Å². The quantitative estimate of drug-likeness (QED) is 0.836. The standard InChI is InChI=1S/C13H16N2O3/c1-8-4-10(2-3-11(8)13(17)18)15-7-9(6-14)5-12(15)16/h2-4,9H,5-7,14H2,1H3,(H,17,18). The third kappa shape index (κ3) is 2.22. The third-order valence-corrected chi connectivity index (χ3v) is 3.29. The van der Waals surface area contributed by atoms with Gasteiger partial charge in [-0.25, -0.2) is 4.79 Å². The number of carbonyl (C=O) groups is 2. The fraction of sp³-hybridized carbons (Fsp3) is 0.385. The molecule has 0 radical (unpaired) electrons. The highest BCUT2D eigenvalue weighted by Gasteiger charge is 2.29. The number of anilines is 1. The van der Waals surface area contributed by atoms with Gasteiger partial charge in [0.15, 0.2) is 0 Å². The molecule has 18 heavy (non-hydrogen) atoms. The summed E-state index contributed by atoms with van der Waals surface area (Å²) in [5, 5.41) is 8.96. The molecule has 1 amide bonds. The first-order chi connectivity index (χ1) is 8.52. The number of amides is 1. The van der Waals surface area contributed by atoms with E-state index >= 15 is 0 Å². The van der Waals surface area contributed by atoms with Crippen molar-refractivity contribution in [2.24, 2.45) is 11.7 Å². The van der Waals surface area contributed by atoms with Gasteiger partial charge in [-0.15, -0.1) is 0 Å².